The molecule has 0 spiro atoms. The Labute approximate surface area is 135 Å². The number of nitriles is 1. The van der Waals surface area contributed by atoms with Gasteiger partial charge in [0.1, 0.15) is 17.4 Å². The first kappa shape index (κ1) is 14.9. The molecule has 3 N–H and O–H groups in total. The summed E-state index contributed by atoms with van der Waals surface area (Å²) in [6, 6.07) is 8.79. The van der Waals surface area contributed by atoms with E-state index in [1.54, 1.807) is 0 Å². The summed E-state index contributed by atoms with van der Waals surface area (Å²) in [6.45, 7) is 0. The van der Waals surface area contributed by atoms with Gasteiger partial charge in [0.2, 0.25) is 0 Å². The van der Waals surface area contributed by atoms with Gasteiger partial charge in [0, 0.05) is 16.6 Å². The molecule has 0 unspecified atom stereocenters. The third-order valence-electron chi connectivity index (χ3n) is 3.30. The molecule has 3 rings (SSSR count). The molecule has 0 amide bonds. The molecule has 2 aromatic carbocycles. The van der Waals surface area contributed by atoms with Crippen LogP contribution < -0.4 is 5.32 Å². The van der Waals surface area contributed by atoms with Crippen LogP contribution in [0.5, 0.6) is 11.5 Å². The van der Waals surface area contributed by atoms with Crippen molar-refractivity contribution in [2.75, 3.05) is 5.32 Å². The first-order valence-electron chi connectivity index (χ1n) is 6.47. The molecule has 0 aliphatic heterocycles. The van der Waals surface area contributed by atoms with E-state index in [0.29, 0.717) is 5.39 Å². The molecular formula is C16H9ClFN3O2. The Bertz CT molecular complexity index is 970. The van der Waals surface area contributed by atoms with Crippen molar-refractivity contribution in [2.24, 2.45) is 0 Å². The second-order valence-electron chi connectivity index (χ2n) is 4.74. The van der Waals surface area contributed by atoms with Gasteiger partial charge in [-0.05, 0) is 30.3 Å². The number of halogens is 2. The van der Waals surface area contributed by atoms with Gasteiger partial charge in [-0.2, -0.15) is 5.26 Å². The standard InChI is InChI=1S/C16H9ClFN3O2/c17-9-1-3-12(11(18)5-9)21-14-8(6-19)7-20-15-10(14)2-4-13(22)16(15)23/h1-5,7,22-23H,(H,20,21). The van der Waals surface area contributed by atoms with Gasteiger partial charge in [-0.15, -0.1) is 0 Å². The molecule has 0 saturated carbocycles. The maximum absolute atomic E-state index is 14.0. The van der Waals surface area contributed by atoms with E-state index in [2.05, 4.69) is 10.3 Å². The summed E-state index contributed by atoms with van der Waals surface area (Å²) in [4.78, 5) is 3.96. The van der Waals surface area contributed by atoms with E-state index >= 15 is 0 Å². The molecule has 0 aliphatic carbocycles. The molecule has 1 heterocycles. The van der Waals surface area contributed by atoms with Gasteiger partial charge in [-0.1, -0.05) is 11.6 Å². The van der Waals surface area contributed by atoms with Crippen LogP contribution in [0.25, 0.3) is 10.9 Å². The zero-order valence-corrected chi connectivity index (χ0v) is 12.3. The number of fused-ring (bicyclic) bond motifs is 1. The van der Waals surface area contributed by atoms with E-state index in [1.807, 2.05) is 6.07 Å². The molecule has 5 nitrogen and oxygen atoms in total. The van der Waals surface area contributed by atoms with Crippen molar-refractivity contribution in [3.05, 3.63) is 52.9 Å². The molecule has 3 aromatic rings. The van der Waals surface area contributed by atoms with Crippen molar-refractivity contribution in [1.82, 2.24) is 4.98 Å². The molecule has 0 radical (unpaired) electrons. The lowest BCUT2D eigenvalue weighted by Gasteiger charge is -2.13. The van der Waals surface area contributed by atoms with Gasteiger partial charge >= 0.3 is 0 Å². The van der Waals surface area contributed by atoms with E-state index in [-0.39, 0.29) is 33.2 Å². The SMILES string of the molecule is N#Cc1cnc2c(O)c(O)ccc2c1Nc1ccc(Cl)cc1F. The lowest BCUT2D eigenvalue weighted by atomic mass is 10.1. The number of rotatable bonds is 2. The monoisotopic (exact) mass is 329 g/mol. The lowest BCUT2D eigenvalue weighted by Crippen LogP contribution is -1.99. The minimum Gasteiger partial charge on any atom is -0.504 e. The molecule has 23 heavy (non-hydrogen) atoms. The first-order valence-corrected chi connectivity index (χ1v) is 6.85. The molecule has 1 aromatic heterocycles. The minimum absolute atomic E-state index is 0.0980. The normalized spacial score (nSPS) is 10.5. The van der Waals surface area contributed by atoms with Gasteiger partial charge in [-0.25, -0.2) is 4.39 Å². The van der Waals surface area contributed by atoms with E-state index in [1.165, 1.54) is 30.5 Å². The molecule has 114 valence electrons. The number of aromatic nitrogens is 1. The second kappa shape index (κ2) is 5.63. The quantitative estimate of drug-likeness (QED) is 0.617. The fraction of sp³-hybridized carbons (Fsp3) is 0. The number of hydrogen-bond donors (Lipinski definition) is 3. The topological polar surface area (TPSA) is 89.2 Å². The van der Waals surface area contributed by atoms with Gasteiger partial charge in [0.15, 0.2) is 11.5 Å². The highest BCUT2D eigenvalue weighted by molar-refractivity contribution is 6.30. The van der Waals surface area contributed by atoms with E-state index < -0.39 is 11.6 Å². The fourth-order valence-electron chi connectivity index (χ4n) is 2.19. The van der Waals surface area contributed by atoms with Crippen molar-refractivity contribution < 1.29 is 14.6 Å². The van der Waals surface area contributed by atoms with Gasteiger partial charge in [0.25, 0.3) is 0 Å². The number of hydrogen-bond acceptors (Lipinski definition) is 5. The smallest absolute Gasteiger partial charge is 0.184 e. The van der Waals surface area contributed by atoms with Gasteiger partial charge < -0.3 is 15.5 Å². The average molecular weight is 330 g/mol. The van der Waals surface area contributed by atoms with E-state index in [4.69, 9.17) is 11.6 Å². The minimum atomic E-state index is -0.589. The zero-order valence-electron chi connectivity index (χ0n) is 11.5. The third-order valence-corrected chi connectivity index (χ3v) is 3.54. The highest BCUT2D eigenvalue weighted by atomic mass is 35.5. The van der Waals surface area contributed by atoms with Crippen LogP contribution in [0.15, 0.2) is 36.5 Å². The number of nitrogens with one attached hydrogen (secondary N) is 1. The maximum atomic E-state index is 14.0. The van der Waals surface area contributed by atoms with Crippen LogP contribution in [0.3, 0.4) is 0 Å². The number of phenolic OH excluding ortho intramolecular Hbond substituents is 2. The van der Waals surface area contributed by atoms with Crippen LogP contribution in [0.1, 0.15) is 5.56 Å². The second-order valence-corrected chi connectivity index (χ2v) is 5.17. The van der Waals surface area contributed by atoms with Crippen LogP contribution in [0.2, 0.25) is 5.02 Å². The Morgan fingerprint density at radius 3 is 2.70 bits per heavy atom. The van der Waals surface area contributed by atoms with Gasteiger partial charge in [-0.3, -0.25) is 4.98 Å². The number of phenols is 2. The predicted molar refractivity (Wildman–Crippen MR) is 84.5 cm³/mol. The Kier molecular flexibility index (Phi) is 3.64. The van der Waals surface area contributed by atoms with Crippen LogP contribution in [0.4, 0.5) is 15.8 Å². The Hall–Kier alpha value is -3.04. The number of pyridine rings is 1. The van der Waals surface area contributed by atoms with Crippen molar-refractivity contribution >= 4 is 33.9 Å². The van der Waals surface area contributed by atoms with Crippen molar-refractivity contribution in [1.29, 1.82) is 5.26 Å². The van der Waals surface area contributed by atoms with Crippen LogP contribution >= 0.6 is 11.6 Å². The number of benzene rings is 2. The molecular weight excluding hydrogens is 321 g/mol. The van der Waals surface area contributed by atoms with E-state index in [9.17, 15) is 19.9 Å². The van der Waals surface area contributed by atoms with E-state index in [0.717, 1.165) is 6.07 Å². The molecule has 7 heteroatoms. The van der Waals surface area contributed by atoms with Crippen molar-refractivity contribution in [3.8, 4) is 17.6 Å². The number of aromatic hydroxyl groups is 2. The van der Waals surface area contributed by atoms with Crippen LogP contribution in [0, 0.1) is 17.1 Å². The fourth-order valence-corrected chi connectivity index (χ4v) is 2.34. The summed E-state index contributed by atoms with van der Waals surface area (Å²) in [7, 11) is 0. The largest absolute Gasteiger partial charge is 0.504 e. The van der Waals surface area contributed by atoms with Gasteiger partial charge in [0.05, 0.1) is 16.9 Å². The summed E-state index contributed by atoms with van der Waals surface area (Å²) in [5.41, 5.74) is 0.651. The van der Waals surface area contributed by atoms with Crippen LogP contribution in [-0.4, -0.2) is 15.2 Å². The summed E-state index contributed by atoms with van der Waals surface area (Å²) in [5.74, 6) is -1.33. The number of anilines is 2. The summed E-state index contributed by atoms with van der Waals surface area (Å²) in [5, 5.41) is 32.1. The highest BCUT2D eigenvalue weighted by Crippen LogP contribution is 2.38. The molecule has 0 bridgehead atoms. The molecule has 0 atom stereocenters. The third kappa shape index (κ3) is 2.58. The summed E-state index contributed by atoms with van der Waals surface area (Å²) in [6.07, 6.45) is 1.23. The Balaban J connectivity index is 2.23. The average Bonchev–Trinajstić information content (AvgIpc) is 2.53. The predicted octanol–water partition coefficient (Wildman–Crippen LogP) is 4.05. The Morgan fingerprint density at radius 2 is 2.00 bits per heavy atom. The molecule has 0 fully saturated rings. The number of nitrogens with zero attached hydrogens (tertiary/aromatic N) is 2. The molecule has 0 saturated heterocycles. The van der Waals surface area contributed by atoms with Crippen molar-refractivity contribution in [3.63, 3.8) is 0 Å². The highest BCUT2D eigenvalue weighted by Gasteiger charge is 2.15. The summed E-state index contributed by atoms with van der Waals surface area (Å²) >= 11 is 5.72. The summed E-state index contributed by atoms with van der Waals surface area (Å²) < 4.78 is 14.0. The maximum Gasteiger partial charge on any atom is 0.184 e. The first-order chi connectivity index (χ1) is 11.0. The molecule has 0 aliphatic rings. The van der Waals surface area contributed by atoms with Crippen LogP contribution in [-0.2, 0) is 0 Å². The van der Waals surface area contributed by atoms with Crippen molar-refractivity contribution in [2.45, 2.75) is 0 Å². The lowest BCUT2D eigenvalue weighted by molar-refractivity contribution is 0.407. The Morgan fingerprint density at radius 1 is 1.22 bits per heavy atom. The zero-order chi connectivity index (χ0) is 16.6.